The molecular weight excluding hydrogens is 289 g/mol. The van der Waals surface area contributed by atoms with Gasteiger partial charge in [-0.1, -0.05) is 17.7 Å². The zero-order valence-electron chi connectivity index (χ0n) is 11.6. The molecule has 0 aromatic heterocycles. The molecule has 0 bridgehead atoms. The van der Waals surface area contributed by atoms with Crippen LogP contribution in [-0.2, 0) is 13.0 Å². The molecular formula is C17H17ClFNO. The van der Waals surface area contributed by atoms with Crippen LogP contribution in [0, 0.1) is 5.82 Å². The Kier molecular flexibility index (Phi) is 4.13. The minimum atomic E-state index is -0.306. The third kappa shape index (κ3) is 3.20. The lowest BCUT2D eigenvalue weighted by Crippen LogP contribution is -2.17. The first-order valence-corrected chi connectivity index (χ1v) is 7.46. The fraction of sp³-hybridized carbons (Fsp3) is 0.294. The molecule has 2 aromatic carbocycles. The molecule has 0 radical (unpaired) electrons. The van der Waals surface area contributed by atoms with Gasteiger partial charge in [-0.05, 0) is 60.7 Å². The zero-order chi connectivity index (χ0) is 14.8. The van der Waals surface area contributed by atoms with Crippen molar-refractivity contribution in [3.8, 4) is 5.75 Å². The molecule has 0 saturated carbocycles. The van der Waals surface area contributed by atoms with Gasteiger partial charge in [0.1, 0.15) is 18.2 Å². The van der Waals surface area contributed by atoms with Gasteiger partial charge in [-0.15, -0.1) is 0 Å². The van der Waals surface area contributed by atoms with Gasteiger partial charge in [0.05, 0.1) is 0 Å². The van der Waals surface area contributed by atoms with Crippen molar-refractivity contribution in [1.82, 2.24) is 0 Å². The quantitative estimate of drug-likeness (QED) is 0.912. The Morgan fingerprint density at radius 3 is 2.95 bits per heavy atom. The van der Waals surface area contributed by atoms with Crippen LogP contribution in [-0.4, -0.2) is 0 Å². The summed E-state index contributed by atoms with van der Waals surface area (Å²) in [6.45, 7) is 0.164. The van der Waals surface area contributed by atoms with Crippen LogP contribution in [0.3, 0.4) is 0 Å². The van der Waals surface area contributed by atoms with E-state index in [0.29, 0.717) is 10.6 Å². The van der Waals surface area contributed by atoms with E-state index in [1.54, 1.807) is 6.07 Å². The molecule has 2 nitrogen and oxygen atoms in total. The van der Waals surface area contributed by atoms with E-state index in [1.807, 2.05) is 18.2 Å². The molecule has 1 aliphatic carbocycles. The van der Waals surface area contributed by atoms with Crippen LogP contribution in [0.4, 0.5) is 4.39 Å². The van der Waals surface area contributed by atoms with Gasteiger partial charge >= 0.3 is 0 Å². The van der Waals surface area contributed by atoms with E-state index in [0.717, 1.165) is 25.0 Å². The van der Waals surface area contributed by atoms with Crippen LogP contribution in [0.2, 0.25) is 5.02 Å². The van der Waals surface area contributed by atoms with E-state index in [2.05, 4.69) is 0 Å². The Morgan fingerprint density at radius 1 is 1.24 bits per heavy atom. The van der Waals surface area contributed by atoms with Crippen molar-refractivity contribution in [2.45, 2.75) is 31.9 Å². The molecule has 21 heavy (non-hydrogen) atoms. The zero-order valence-corrected chi connectivity index (χ0v) is 12.4. The van der Waals surface area contributed by atoms with E-state index in [4.69, 9.17) is 22.1 Å². The molecule has 0 saturated heterocycles. The highest BCUT2D eigenvalue weighted by Gasteiger charge is 2.17. The van der Waals surface area contributed by atoms with Crippen molar-refractivity contribution in [3.05, 3.63) is 63.9 Å². The molecule has 0 fully saturated rings. The summed E-state index contributed by atoms with van der Waals surface area (Å²) in [6, 6.07) is 10.5. The summed E-state index contributed by atoms with van der Waals surface area (Å²) in [5.74, 6) is 0.432. The Morgan fingerprint density at radius 2 is 2.10 bits per heavy atom. The lowest BCUT2D eigenvalue weighted by molar-refractivity contribution is 0.299. The van der Waals surface area contributed by atoms with E-state index in [9.17, 15) is 4.39 Å². The first-order valence-electron chi connectivity index (χ1n) is 7.08. The molecule has 4 heteroatoms. The fourth-order valence-electron chi connectivity index (χ4n) is 2.73. The van der Waals surface area contributed by atoms with Gasteiger partial charge in [-0.3, -0.25) is 0 Å². The molecule has 1 aliphatic rings. The van der Waals surface area contributed by atoms with E-state index >= 15 is 0 Å². The Labute approximate surface area is 128 Å². The first-order chi connectivity index (χ1) is 10.1. The summed E-state index contributed by atoms with van der Waals surface area (Å²) in [7, 11) is 0. The summed E-state index contributed by atoms with van der Waals surface area (Å²) in [6.07, 6.45) is 3.15. The average molecular weight is 306 g/mol. The van der Waals surface area contributed by atoms with Crippen LogP contribution in [0.15, 0.2) is 36.4 Å². The highest BCUT2D eigenvalue weighted by molar-refractivity contribution is 6.30. The van der Waals surface area contributed by atoms with Crippen LogP contribution in [0.25, 0.3) is 0 Å². The second kappa shape index (κ2) is 6.04. The van der Waals surface area contributed by atoms with Crippen molar-refractivity contribution >= 4 is 11.6 Å². The van der Waals surface area contributed by atoms with Crippen molar-refractivity contribution in [2.24, 2.45) is 5.73 Å². The molecule has 3 rings (SSSR count). The standard InChI is InChI=1S/C17H17ClFNO/c18-13-4-7-16(19)12(8-13)10-21-14-5-6-15-11(9-14)2-1-3-17(15)20/h4-9,17H,1-3,10,20H2. The molecule has 2 aromatic rings. The molecule has 110 valence electrons. The Bertz CT molecular complexity index is 659. The molecule has 2 N–H and O–H groups in total. The number of hydrogen-bond acceptors (Lipinski definition) is 2. The maximum atomic E-state index is 13.6. The lowest BCUT2D eigenvalue weighted by atomic mass is 9.88. The van der Waals surface area contributed by atoms with Gasteiger partial charge in [0.25, 0.3) is 0 Å². The molecule has 0 spiro atoms. The molecule has 0 aliphatic heterocycles. The molecule has 1 unspecified atom stereocenters. The highest BCUT2D eigenvalue weighted by atomic mass is 35.5. The number of rotatable bonds is 3. The second-order valence-electron chi connectivity index (χ2n) is 5.38. The van der Waals surface area contributed by atoms with Crippen molar-refractivity contribution in [3.63, 3.8) is 0 Å². The largest absolute Gasteiger partial charge is 0.489 e. The lowest BCUT2D eigenvalue weighted by Gasteiger charge is -2.22. The normalized spacial score (nSPS) is 17.4. The van der Waals surface area contributed by atoms with E-state index in [-0.39, 0.29) is 18.5 Å². The second-order valence-corrected chi connectivity index (χ2v) is 5.82. The molecule has 0 heterocycles. The number of halogens is 2. The maximum Gasteiger partial charge on any atom is 0.129 e. The number of fused-ring (bicyclic) bond motifs is 1. The van der Waals surface area contributed by atoms with Gasteiger partial charge in [-0.2, -0.15) is 0 Å². The van der Waals surface area contributed by atoms with Gasteiger partial charge in [-0.25, -0.2) is 4.39 Å². The molecule has 0 amide bonds. The van der Waals surface area contributed by atoms with Gasteiger partial charge in [0, 0.05) is 16.6 Å². The topological polar surface area (TPSA) is 35.2 Å². The van der Waals surface area contributed by atoms with Gasteiger partial charge in [0.2, 0.25) is 0 Å². The Hall–Kier alpha value is -1.58. The summed E-state index contributed by atoms with van der Waals surface area (Å²) in [4.78, 5) is 0. The fourth-order valence-corrected chi connectivity index (χ4v) is 2.93. The molecule has 1 atom stereocenters. The summed E-state index contributed by atoms with van der Waals surface area (Å²) < 4.78 is 19.3. The van der Waals surface area contributed by atoms with E-state index < -0.39 is 0 Å². The number of benzene rings is 2. The summed E-state index contributed by atoms with van der Waals surface area (Å²) >= 11 is 5.87. The predicted octanol–water partition coefficient (Wildman–Crippen LogP) is 4.39. The van der Waals surface area contributed by atoms with Crippen LogP contribution < -0.4 is 10.5 Å². The Balaban J connectivity index is 1.75. The first kappa shape index (κ1) is 14.4. The summed E-state index contributed by atoms with van der Waals surface area (Å²) in [5.41, 5.74) is 8.98. The predicted molar refractivity (Wildman–Crippen MR) is 82.1 cm³/mol. The number of aryl methyl sites for hydroxylation is 1. The minimum Gasteiger partial charge on any atom is -0.489 e. The minimum absolute atomic E-state index is 0.119. The van der Waals surface area contributed by atoms with Crippen molar-refractivity contribution in [1.29, 1.82) is 0 Å². The van der Waals surface area contributed by atoms with E-state index in [1.165, 1.54) is 23.3 Å². The SMILES string of the molecule is NC1CCCc2cc(OCc3cc(Cl)ccc3F)ccc21. The summed E-state index contributed by atoms with van der Waals surface area (Å²) in [5, 5.41) is 0.506. The number of nitrogens with two attached hydrogens (primary N) is 1. The third-order valence-electron chi connectivity index (χ3n) is 3.88. The van der Waals surface area contributed by atoms with Crippen LogP contribution in [0.1, 0.15) is 35.6 Å². The van der Waals surface area contributed by atoms with Gasteiger partial charge in [0.15, 0.2) is 0 Å². The maximum absolute atomic E-state index is 13.6. The number of ether oxygens (including phenoxy) is 1. The smallest absolute Gasteiger partial charge is 0.129 e. The van der Waals surface area contributed by atoms with Crippen LogP contribution >= 0.6 is 11.6 Å². The monoisotopic (exact) mass is 305 g/mol. The van der Waals surface area contributed by atoms with Crippen LogP contribution in [0.5, 0.6) is 5.75 Å². The third-order valence-corrected chi connectivity index (χ3v) is 4.11. The highest BCUT2D eigenvalue weighted by Crippen LogP contribution is 2.31. The van der Waals surface area contributed by atoms with Crippen molar-refractivity contribution in [2.75, 3.05) is 0 Å². The number of hydrogen-bond donors (Lipinski definition) is 1. The average Bonchev–Trinajstić information content (AvgIpc) is 2.48. The van der Waals surface area contributed by atoms with Gasteiger partial charge < -0.3 is 10.5 Å². The van der Waals surface area contributed by atoms with Crippen molar-refractivity contribution < 1.29 is 9.13 Å².